The van der Waals surface area contributed by atoms with Crippen molar-refractivity contribution in [2.24, 2.45) is 11.7 Å². The topological polar surface area (TPSA) is 224 Å². The van der Waals surface area contributed by atoms with E-state index < -0.39 is 59.7 Å². The van der Waals surface area contributed by atoms with Gasteiger partial charge in [-0.1, -0.05) is 44.2 Å². The van der Waals surface area contributed by atoms with E-state index in [0.717, 1.165) is 10.9 Å². The van der Waals surface area contributed by atoms with Crippen molar-refractivity contribution in [2.45, 2.75) is 63.7 Å². The molecule has 3 aromatic rings. The van der Waals surface area contributed by atoms with Gasteiger partial charge in [0, 0.05) is 36.4 Å². The Kier molecular flexibility index (Phi) is 11.2. The number of hydrogen-bond acceptors (Lipinski definition) is 7. The quantitative estimate of drug-likeness (QED) is 0.125. The van der Waals surface area contributed by atoms with Crippen LogP contribution in [0.25, 0.3) is 10.9 Å². The molecule has 1 aromatic heterocycles. The fourth-order valence-electron chi connectivity index (χ4n) is 4.54. The molecule has 230 valence electrons. The highest BCUT2D eigenvalue weighted by Crippen LogP contribution is 2.20. The predicted molar refractivity (Wildman–Crippen MR) is 157 cm³/mol. The summed E-state index contributed by atoms with van der Waals surface area (Å²) in [6.45, 7) is 3.28. The van der Waals surface area contributed by atoms with Crippen LogP contribution < -0.4 is 21.7 Å². The largest absolute Gasteiger partial charge is 0.508 e. The van der Waals surface area contributed by atoms with Crippen LogP contribution in [0.15, 0.2) is 54.7 Å². The number of hydrogen-bond donors (Lipinski definition) is 8. The molecular formula is C30H37N5O8. The second-order valence-corrected chi connectivity index (χ2v) is 10.7. The van der Waals surface area contributed by atoms with Crippen LogP contribution in [0, 0.1) is 5.92 Å². The highest BCUT2D eigenvalue weighted by Gasteiger charge is 2.32. The van der Waals surface area contributed by atoms with Crippen LogP contribution in [0.5, 0.6) is 5.75 Å². The van der Waals surface area contributed by atoms with Gasteiger partial charge in [0.15, 0.2) is 0 Å². The van der Waals surface area contributed by atoms with Crippen LogP contribution in [0.2, 0.25) is 0 Å². The number of aromatic nitrogens is 1. The van der Waals surface area contributed by atoms with Crippen molar-refractivity contribution >= 4 is 40.6 Å². The van der Waals surface area contributed by atoms with Gasteiger partial charge in [0.05, 0.1) is 6.04 Å². The van der Waals surface area contributed by atoms with Crippen molar-refractivity contribution in [3.05, 3.63) is 65.9 Å². The van der Waals surface area contributed by atoms with E-state index in [0.29, 0.717) is 11.1 Å². The number of fused-ring (bicyclic) bond motifs is 1. The molecule has 3 rings (SSSR count). The van der Waals surface area contributed by atoms with Crippen molar-refractivity contribution < 1.29 is 39.3 Å². The maximum Gasteiger partial charge on any atom is 0.326 e. The lowest BCUT2D eigenvalue weighted by Crippen LogP contribution is -2.58. The molecule has 2 aromatic carbocycles. The van der Waals surface area contributed by atoms with Gasteiger partial charge in [0.25, 0.3) is 0 Å². The molecule has 43 heavy (non-hydrogen) atoms. The highest BCUT2D eigenvalue weighted by atomic mass is 16.4. The number of para-hydroxylation sites is 1. The Morgan fingerprint density at radius 2 is 1.44 bits per heavy atom. The van der Waals surface area contributed by atoms with Crippen molar-refractivity contribution in [3.8, 4) is 5.75 Å². The molecule has 0 aliphatic carbocycles. The van der Waals surface area contributed by atoms with E-state index in [1.54, 1.807) is 32.2 Å². The lowest BCUT2D eigenvalue weighted by molar-refractivity contribution is -0.143. The fraction of sp³-hybridized carbons (Fsp3) is 0.367. The second-order valence-electron chi connectivity index (χ2n) is 10.7. The van der Waals surface area contributed by atoms with Crippen LogP contribution in [0.4, 0.5) is 0 Å². The number of carboxylic acids is 2. The van der Waals surface area contributed by atoms with E-state index in [-0.39, 0.29) is 31.4 Å². The van der Waals surface area contributed by atoms with E-state index in [2.05, 4.69) is 20.9 Å². The first-order valence-electron chi connectivity index (χ1n) is 13.8. The van der Waals surface area contributed by atoms with Crippen molar-refractivity contribution in [1.82, 2.24) is 20.9 Å². The van der Waals surface area contributed by atoms with Gasteiger partial charge in [0.2, 0.25) is 17.7 Å². The average molecular weight is 596 g/mol. The Bertz CT molecular complexity index is 1450. The molecule has 4 unspecified atom stereocenters. The van der Waals surface area contributed by atoms with Gasteiger partial charge in [-0.25, -0.2) is 4.79 Å². The van der Waals surface area contributed by atoms with E-state index in [9.17, 15) is 34.2 Å². The molecule has 9 N–H and O–H groups in total. The number of aliphatic carboxylic acids is 2. The van der Waals surface area contributed by atoms with Gasteiger partial charge in [-0.3, -0.25) is 19.2 Å². The number of carboxylic acid groups (broad SMARTS) is 2. The third-order valence-corrected chi connectivity index (χ3v) is 6.98. The molecule has 1 heterocycles. The summed E-state index contributed by atoms with van der Waals surface area (Å²) in [5, 5.41) is 36.8. The molecule has 4 atom stereocenters. The summed E-state index contributed by atoms with van der Waals surface area (Å²) in [6.07, 6.45) is 1.15. The number of aromatic amines is 1. The first-order chi connectivity index (χ1) is 20.3. The zero-order chi connectivity index (χ0) is 31.7. The first kappa shape index (κ1) is 32.6. The zero-order valence-corrected chi connectivity index (χ0v) is 23.9. The molecule has 0 fully saturated rings. The molecule has 0 spiro atoms. The number of H-pyrrole nitrogens is 1. The molecule has 0 radical (unpaired) electrons. The third-order valence-electron chi connectivity index (χ3n) is 6.98. The smallest absolute Gasteiger partial charge is 0.326 e. The highest BCUT2D eigenvalue weighted by molar-refractivity contribution is 5.95. The zero-order valence-electron chi connectivity index (χ0n) is 23.9. The molecule has 0 bridgehead atoms. The van der Waals surface area contributed by atoms with Crippen LogP contribution in [0.1, 0.15) is 37.8 Å². The lowest BCUT2D eigenvalue weighted by Gasteiger charge is -2.26. The van der Waals surface area contributed by atoms with Crippen molar-refractivity contribution in [2.75, 3.05) is 0 Å². The Hall–Kier alpha value is -4.91. The summed E-state index contributed by atoms with van der Waals surface area (Å²) in [6, 6.07) is 8.40. The second kappa shape index (κ2) is 14.8. The van der Waals surface area contributed by atoms with Crippen molar-refractivity contribution in [1.29, 1.82) is 0 Å². The van der Waals surface area contributed by atoms with Crippen LogP contribution >= 0.6 is 0 Å². The SMILES string of the molecule is CC(C)C(NC(=O)C(Cc1c[nH]c2ccccc12)NC(=O)C(Cc1ccc(O)cc1)NC(=O)C(N)CCC(=O)O)C(=O)O. The summed E-state index contributed by atoms with van der Waals surface area (Å²) in [5.41, 5.74) is 7.94. The molecule has 0 saturated heterocycles. The van der Waals surface area contributed by atoms with Crippen LogP contribution in [-0.4, -0.2) is 74.1 Å². The van der Waals surface area contributed by atoms with Gasteiger partial charge in [-0.15, -0.1) is 0 Å². The molecule has 0 saturated carbocycles. The summed E-state index contributed by atoms with van der Waals surface area (Å²) in [4.78, 5) is 65.8. The lowest BCUT2D eigenvalue weighted by atomic mass is 10.00. The molecule has 13 nitrogen and oxygen atoms in total. The molecule has 3 amide bonds. The number of carbonyl (C=O) groups excluding carboxylic acids is 3. The third kappa shape index (κ3) is 9.30. The van der Waals surface area contributed by atoms with Gasteiger partial charge in [0.1, 0.15) is 23.9 Å². The minimum Gasteiger partial charge on any atom is -0.508 e. The summed E-state index contributed by atoms with van der Waals surface area (Å²) in [7, 11) is 0. The number of rotatable bonds is 15. The first-order valence-corrected chi connectivity index (χ1v) is 13.8. The average Bonchev–Trinajstić information content (AvgIpc) is 3.37. The van der Waals surface area contributed by atoms with Gasteiger partial charge in [-0.05, 0) is 41.7 Å². The standard InChI is InChI=1S/C30H37N5O8/c1-16(2)26(30(42)43)35-29(41)24(14-18-15-32-22-6-4-3-5-20(18)22)34-28(40)23(13-17-7-9-19(36)10-8-17)33-27(39)21(31)11-12-25(37)38/h3-10,15-16,21,23-24,26,32,36H,11-14,31H2,1-2H3,(H,33,39)(H,34,40)(H,35,41)(H,37,38)(H,42,43). The number of nitrogens with one attached hydrogen (secondary N) is 4. The maximum absolute atomic E-state index is 13.7. The Morgan fingerprint density at radius 3 is 2.07 bits per heavy atom. The van der Waals surface area contributed by atoms with E-state index in [1.165, 1.54) is 12.1 Å². The molecule has 13 heteroatoms. The number of benzene rings is 2. The number of phenols is 1. The molecular weight excluding hydrogens is 558 g/mol. The van der Waals surface area contributed by atoms with E-state index in [4.69, 9.17) is 10.8 Å². The minimum atomic E-state index is -1.24. The Balaban J connectivity index is 1.90. The van der Waals surface area contributed by atoms with Crippen LogP contribution in [-0.2, 0) is 36.8 Å². The maximum atomic E-state index is 13.7. The summed E-state index contributed by atoms with van der Waals surface area (Å²) in [5.74, 6) is -5.04. The monoisotopic (exact) mass is 595 g/mol. The summed E-state index contributed by atoms with van der Waals surface area (Å²) < 4.78 is 0. The number of aromatic hydroxyl groups is 1. The Morgan fingerprint density at radius 1 is 0.837 bits per heavy atom. The van der Waals surface area contributed by atoms with Crippen molar-refractivity contribution in [3.63, 3.8) is 0 Å². The normalized spacial score (nSPS) is 14.0. The number of nitrogens with two attached hydrogens (primary N) is 1. The molecule has 0 aliphatic rings. The number of phenolic OH excluding ortho intramolecular Hbond substituents is 1. The molecule has 0 aliphatic heterocycles. The van der Waals surface area contributed by atoms with Gasteiger partial charge >= 0.3 is 11.9 Å². The van der Waals surface area contributed by atoms with E-state index >= 15 is 0 Å². The van der Waals surface area contributed by atoms with Crippen LogP contribution in [0.3, 0.4) is 0 Å². The number of amides is 3. The van der Waals surface area contributed by atoms with E-state index in [1.807, 2.05) is 24.3 Å². The summed E-state index contributed by atoms with van der Waals surface area (Å²) >= 11 is 0. The fourth-order valence-corrected chi connectivity index (χ4v) is 4.54. The number of carbonyl (C=O) groups is 5. The van der Waals surface area contributed by atoms with Gasteiger partial charge < -0.3 is 42.0 Å². The predicted octanol–water partition coefficient (Wildman–Crippen LogP) is 1.05. The minimum absolute atomic E-state index is 0.00178. The Labute approximate surface area is 247 Å². The van der Waals surface area contributed by atoms with Gasteiger partial charge in [-0.2, -0.15) is 0 Å².